The Bertz CT molecular complexity index is 1220. The first-order valence-electron chi connectivity index (χ1n) is 10.7. The molecule has 0 spiro atoms. The van der Waals surface area contributed by atoms with E-state index in [4.69, 9.17) is 20.2 Å². The number of nitrogens with one attached hydrogen (secondary N) is 1. The number of benzene rings is 2. The Balaban J connectivity index is 1.72. The van der Waals surface area contributed by atoms with Gasteiger partial charge in [-0.15, -0.1) is 0 Å². The van der Waals surface area contributed by atoms with E-state index in [0.717, 1.165) is 45.0 Å². The van der Waals surface area contributed by atoms with Gasteiger partial charge >= 0.3 is 0 Å². The van der Waals surface area contributed by atoms with E-state index < -0.39 is 6.04 Å². The second kappa shape index (κ2) is 9.63. The Kier molecular flexibility index (Phi) is 6.48. The third-order valence-corrected chi connectivity index (χ3v) is 5.63. The number of anilines is 1. The summed E-state index contributed by atoms with van der Waals surface area (Å²) in [4.78, 5) is 10.4. The average molecular weight is 442 g/mol. The highest BCUT2D eigenvalue weighted by molar-refractivity contribution is 5.80. The van der Waals surface area contributed by atoms with Gasteiger partial charge < -0.3 is 25.1 Å². The highest BCUT2D eigenvalue weighted by Crippen LogP contribution is 2.28. The summed E-state index contributed by atoms with van der Waals surface area (Å²) >= 11 is 0. The van der Waals surface area contributed by atoms with Crippen molar-refractivity contribution in [1.29, 1.82) is 5.26 Å². The Morgan fingerprint density at radius 3 is 2.00 bits per heavy atom. The van der Waals surface area contributed by atoms with Crippen molar-refractivity contribution in [3.8, 4) is 17.6 Å². The van der Waals surface area contributed by atoms with Crippen molar-refractivity contribution in [2.24, 2.45) is 5.73 Å². The first-order chi connectivity index (χ1) is 16.0. The van der Waals surface area contributed by atoms with Crippen LogP contribution >= 0.6 is 0 Å². The summed E-state index contributed by atoms with van der Waals surface area (Å²) in [6.45, 7) is 3.39. The molecule has 0 fully saturated rings. The minimum absolute atomic E-state index is 0.661. The van der Waals surface area contributed by atoms with Crippen LogP contribution in [-0.2, 0) is 13.1 Å². The van der Waals surface area contributed by atoms with Gasteiger partial charge in [-0.3, -0.25) is 0 Å². The molecule has 0 aliphatic heterocycles. The van der Waals surface area contributed by atoms with Gasteiger partial charge in [-0.1, -0.05) is 24.3 Å². The van der Waals surface area contributed by atoms with E-state index in [1.54, 1.807) is 14.2 Å². The number of nitriles is 1. The summed E-state index contributed by atoms with van der Waals surface area (Å²) < 4.78 is 10.6. The van der Waals surface area contributed by atoms with E-state index in [1.165, 1.54) is 0 Å². The molecule has 4 aromatic rings. The van der Waals surface area contributed by atoms with Gasteiger partial charge in [0.1, 0.15) is 23.4 Å². The van der Waals surface area contributed by atoms with Crippen LogP contribution in [0, 0.1) is 18.3 Å². The van der Waals surface area contributed by atoms with Gasteiger partial charge in [-0.25, -0.2) is 4.98 Å². The van der Waals surface area contributed by atoms with Crippen LogP contribution in [0.15, 0.2) is 60.7 Å². The number of fused-ring (bicyclic) bond motifs is 1. The Morgan fingerprint density at radius 2 is 1.52 bits per heavy atom. The molecule has 0 aliphatic rings. The predicted octanol–water partition coefficient (Wildman–Crippen LogP) is 4.62. The molecule has 4 rings (SSSR count). The molecule has 33 heavy (non-hydrogen) atoms. The summed E-state index contributed by atoms with van der Waals surface area (Å²) in [6, 6.07) is 21.4. The number of nitrogens with zero attached hydrogens (tertiary/aromatic N) is 3. The number of aromatic nitrogens is 2. The minimum atomic E-state index is -0.711. The van der Waals surface area contributed by atoms with Crippen molar-refractivity contribution >= 4 is 16.9 Å². The summed E-state index contributed by atoms with van der Waals surface area (Å²) in [5, 5.41) is 9.17. The van der Waals surface area contributed by atoms with Crippen molar-refractivity contribution < 1.29 is 9.47 Å². The molecule has 0 amide bonds. The predicted molar refractivity (Wildman–Crippen MR) is 129 cm³/mol. The fourth-order valence-corrected chi connectivity index (χ4v) is 3.83. The zero-order valence-electron chi connectivity index (χ0n) is 19.0. The molecule has 2 heterocycles. The van der Waals surface area contributed by atoms with Gasteiger partial charge in [0.05, 0.1) is 31.3 Å². The Morgan fingerprint density at radius 1 is 0.970 bits per heavy atom. The van der Waals surface area contributed by atoms with E-state index in [1.807, 2.05) is 37.3 Å². The van der Waals surface area contributed by atoms with Crippen LogP contribution in [0.2, 0.25) is 0 Å². The minimum Gasteiger partial charge on any atom is -0.497 e. The molecule has 168 valence electrons. The summed E-state index contributed by atoms with van der Waals surface area (Å²) in [5.74, 6) is 2.53. The Hall–Kier alpha value is -4.02. The van der Waals surface area contributed by atoms with Gasteiger partial charge in [0, 0.05) is 18.8 Å². The molecule has 3 N–H and O–H groups in total. The number of methoxy groups -OCH3 is 2. The first-order valence-corrected chi connectivity index (χ1v) is 10.7. The molecule has 7 heteroatoms. The fraction of sp³-hybridized carbons (Fsp3) is 0.231. The lowest BCUT2D eigenvalue weighted by Crippen LogP contribution is -2.24. The van der Waals surface area contributed by atoms with E-state index in [2.05, 4.69) is 46.3 Å². The van der Waals surface area contributed by atoms with Gasteiger partial charge in [0.2, 0.25) is 0 Å². The van der Waals surface area contributed by atoms with Gasteiger partial charge in [0.15, 0.2) is 0 Å². The number of nitrogens with two attached hydrogens (primary N) is 1. The van der Waals surface area contributed by atoms with Crippen LogP contribution in [0.25, 0.3) is 11.0 Å². The molecule has 0 radical (unpaired) electrons. The van der Waals surface area contributed by atoms with E-state index in [0.29, 0.717) is 18.8 Å². The summed E-state index contributed by atoms with van der Waals surface area (Å²) in [5.41, 5.74) is 11.5. The number of pyridine rings is 1. The summed E-state index contributed by atoms with van der Waals surface area (Å²) in [6.07, 6.45) is 0. The SMILES string of the molecule is COc1ccc(CN(Cc2ccc(OC)cc2)c2nc3cc(C(N)C#N)[nH]c3cc2C)cc1. The molecule has 7 nitrogen and oxygen atoms in total. The third kappa shape index (κ3) is 4.92. The molecule has 2 aromatic carbocycles. The number of hydrogen-bond donors (Lipinski definition) is 2. The number of rotatable bonds is 8. The van der Waals surface area contributed by atoms with Crippen LogP contribution in [-0.4, -0.2) is 24.2 Å². The first kappa shape index (κ1) is 22.2. The van der Waals surface area contributed by atoms with E-state index >= 15 is 0 Å². The summed E-state index contributed by atoms with van der Waals surface area (Å²) in [7, 11) is 3.33. The van der Waals surface area contributed by atoms with Crippen molar-refractivity contribution in [2.45, 2.75) is 26.1 Å². The molecule has 0 saturated carbocycles. The normalized spacial score (nSPS) is 11.7. The standard InChI is InChI=1S/C26H27N5O2/c1-17-12-24-25(13-23(29-24)22(28)14-27)30-26(17)31(15-18-4-8-20(32-2)9-5-18)16-19-6-10-21(33-3)11-7-19/h4-13,22,29H,15-16,28H2,1-3H3. The average Bonchev–Trinajstić information content (AvgIpc) is 3.26. The van der Waals surface area contributed by atoms with E-state index in [9.17, 15) is 5.26 Å². The molecule has 0 saturated heterocycles. The fourth-order valence-electron chi connectivity index (χ4n) is 3.83. The zero-order valence-corrected chi connectivity index (χ0v) is 19.0. The number of aromatic amines is 1. The molecular weight excluding hydrogens is 414 g/mol. The maximum Gasteiger partial charge on any atom is 0.133 e. The monoisotopic (exact) mass is 441 g/mol. The lowest BCUT2D eigenvalue weighted by molar-refractivity contribution is 0.414. The van der Waals surface area contributed by atoms with Gasteiger partial charge in [0.25, 0.3) is 0 Å². The van der Waals surface area contributed by atoms with Gasteiger partial charge in [-0.05, 0) is 60.0 Å². The number of H-pyrrole nitrogens is 1. The number of aryl methyl sites for hydroxylation is 1. The van der Waals surface area contributed by atoms with Crippen LogP contribution in [0.5, 0.6) is 11.5 Å². The van der Waals surface area contributed by atoms with Crippen molar-refractivity contribution in [1.82, 2.24) is 9.97 Å². The third-order valence-electron chi connectivity index (χ3n) is 5.63. The molecule has 0 bridgehead atoms. The molecule has 1 atom stereocenters. The maximum atomic E-state index is 9.17. The lowest BCUT2D eigenvalue weighted by atomic mass is 10.1. The van der Waals surface area contributed by atoms with Crippen LogP contribution in [0.4, 0.5) is 5.82 Å². The number of hydrogen-bond acceptors (Lipinski definition) is 6. The molecule has 1 unspecified atom stereocenters. The topological polar surface area (TPSA) is 100 Å². The van der Waals surface area contributed by atoms with E-state index in [-0.39, 0.29) is 0 Å². The van der Waals surface area contributed by atoms with Crippen LogP contribution < -0.4 is 20.1 Å². The quantitative estimate of drug-likeness (QED) is 0.414. The van der Waals surface area contributed by atoms with Crippen molar-refractivity contribution in [3.63, 3.8) is 0 Å². The molecule has 2 aromatic heterocycles. The second-order valence-corrected chi connectivity index (χ2v) is 7.95. The van der Waals surface area contributed by atoms with Crippen molar-refractivity contribution in [3.05, 3.63) is 83.0 Å². The smallest absolute Gasteiger partial charge is 0.133 e. The second-order valence-electron chi connectivity index (χ2n) is 7.95. The zero-order chi connectivity index (χ0) is 23.4. The van der Waals surface area contributed by atoms with Crippen LogP contribution in [0.3, 0.4) is 0 Å². The van der Waals surface area contributed by atoms with Crippen LogP contribution in [0.1, 0.15) is 28.4 Å². The van der Waals surface area contributed by atoms with Gasteiger partial charge in [-0.2, -0.15) is 5.26 Å². The highest BCUT2D eigenvalue weighted by atomic mass is 16.5. The lowest BCUT2D eigenvalue weighted by Gasteiger charge is -2.26. The molecule has 0 aliphatic carbocycles. The maximum absolute atomic E-state index is 9.17. The molecular formula is C26H27N5O2. The number of ether oxygens (including phenoxy) is 2. The largest absolute Gasteiger partial charge is 0.497 e. The highest BCUT2D eigenvalue weighted by Gasteiger charge is 2.17. The van der Waals surface area contributed by atoms with Crippen molar-refractivity contribution in [2.75, 3.05) is 19.1 Å². The Labute approximate surface area is 193 Å².